The Kier molecular flexibility index (Phi) is 3.84. The summed E-state index contributed by atoms with van der Waals surface area (Å²) in [4.78, 5) is 27.8. The van der Waals surface area contributed by atoms with Gasteiger partial charge in [0.1, 0.15) is 5.82 Å². The second-order valence-corrected chi connectivity index (χ2v) is 5.07. The van der Waals surface area contributed by atoms with Gasteiger partial charge in [-0.15, -0.1) is 0 Å². The molecule has 0 aliphatic rings. The fourth-order valence-corrected chi connectivity index (χ4v) is 2.21. The van der Waals surface area contributed by atoms with E-state index in [1.807, 2.05) is 0 Å². The summed E-state index contributed by atoms with van der Waals surface area (Å²) in [6, 6.07) is 10.3. The van der Waals surface area contributed by atoms with Crippen molar-refractivity contribution in [3.05, 3.63) is 63.7 Å². The smallest absolute Gasteiger partial charge is 0.272 e. The summed E-state index contributed by atoms with van der Waals surface area (Å²) in [5.74, 6) is 0.127. The molecule has 1 amide bonds. The van der Waals surface area contributed by atoms with E-state index in [1.165, 1.54) is 6.20 Å². The van der Waals surface area contributed by atoms with Gasteiger partial charge >= 0.3 is 0 Å². The first kappa shape index (κ1) is 14.2. The molecule has 0 aliphatic heterocycles. The van der Waals surface area contributed by atoms with Gasteiger partial charge in [0.25, 0.3) is 5.56 Å². The second kappa shape index (κ2) is 5.95. The molecule has 0 saturated heterocycles. The number of aromatic amines is 1. The Balaban J connectivity index is 1.84. The van der Waals surface area contributed by atoms with Crippen molar-refractivity contribution in [3.63, 3.8) is 0 Å². The largest absolute Gasteiger partial charge is 0.310 e. The third-order valence-electron chi connectivity index (χ3n) is 3.10. The van der Waals surface area contributed by atoms with Crippen LogP contribution in [-0.4, -0.2) is 21.1 Å². The fourth-order valence-electron chi connectivity index (χ4n) is 2.10. The number of nitrogens with zero attached hydrogens (tertiary/aromatic N) is 2. The zero-order valence-electron chi connectivity index (χ0n) is 11.3. The lowest BCUT2D eigenvalue weighted by molar-refractivity contribution is -0.115. The average Bonchev–Trinajstić information content (AvgIpc) is 2.53. The highest BCUT2D eigenvalue weighted by atomic mass is 35.5. The summed E-state index contributed by atoms with van der Waals surface area (Å²) in [6.07, 6.45) is 1.48. The molecule has 2 heterocycles. The van der Waals surface area contributed by atoms with Crippen LogP contribution in [0.3, 0.4) is 0 Å². The Bertz CT molecular complexity index is 890. The molecule has 2 N–H and O–H groups in total. The zero-order valence-corrected chi connectivity index (χ0v) is 12.1. The van der Waals surface area contributed by atoms with E-state index in [0.29, 0.717) is 27.3 Å². The van der Waals surface area contributed by atoms with Crippen LogP contribution in [0.25, 0.3) is 10.8 Å². The summed E-state index contributed by atoms with van der Waals surface area (Å²) < 4.78 is 0. The van der Waals surface area contributed by atoms with E-state index in [1.54, 1.807) is 36.4 Å². The van der Waals surface area contributed by atoms with Gasteiger partial charge in [-0.3, -0.25) is 9.59 Å². The van der Waals surface area contributed by atoms with Gasteiger partial charge in [-0.1, -0.05) is 29.8 Å². The predicted molar refractivity (Wildman–Crippen MR) is 83.9 cm³/mol. The first-order chi connectivity index (χ1) is 10.6. The molecule has 0 aliphatic carbocycles. The van der Waals surface area contributed by atoms with Gasteiger partial charge in [0.05, 0.1) is 22.5 Å². The lowest BCUT2D eigenvalue weighted by atomic mass is 10.1. The number of carbonyl (C=O) groups is 1. The molecule has 1 aromatic carbocycles. The average molecular weight is 315 g/mol. The Labute approximate surface area is 130 Å². The van der Waals surface area contributed by atoms with Crippen LogP contribution in [0.15, 0.2) is 47.4 Å². The number of fused-ring (bicyclic) bond motifs is 1. The number of amides is 1. The third kappa shape index (κ3) is 2.96. The molecule has 0 fully saturated rings. The monoisotopic (exact) mass is 314 g/mol. The Morgan fingerprint density at radius 3 is 2.68 bits per heavy atom. The molecule has 3 rings (SSSR count). The van der Waals surface area contributed by atoms with Crippen LogP contribution < -0.4 is 10.9 Å². The molecule has 7 heteroatoms. The van der Waals surface area contributed by atoms with Crippen molar-refractivity contribution in [1.82, 2.24) is 15.2 Å². The Morgan fingerprint density at radius 1 is 1.18 bits per heavy atom. The second-order valence-electron chi connectivity index (χ2n) is 4.63. The minimum absolute atomic E-state index is 0.0294. The standard InChI is InChI=1S/C15H11ClN4O2/c16-9-5-6-13(17-8-9)18-14(21)7-12-10-3-1-2-4-11(10)15(22)20-19-12/h1-6,8H,7H2,(H,20,22)(H,17,18,21). The van der Waals surface area contributed by atoms with Gasteiger partial charge in [-0.05, 0) is 18.2 Å². The van der Waals surface area contributed by atoms with E-state index >= 15 is 0 Å². The van der Waals surface area contributed by atoms with Gasteiger partial charge in [-0.25, -0.2) is 10.1 Å². The third-order valence-corrected chi connectivity index (χ3v) is 3.32. The number of halogens is 1. The Hall–Kier alpha value is -2.73. The summed E-state index contributed by atoms with van der Waals surface area (Å²) >= 11 is 5.74. The summed E-state index contributed by atoms with van der Waals surface area (Å²) in [5, 5.41) is 10.7. The number of hydrogen-bond donors (Lipinski definition) is 2. The van der Waals surface area contributed by atoms with E-state index < -0.39 is 0 Å². The molecular formula is C15H11ClN4O2. The number of benzene rings is 1. The van der Waals surface area contributed by atoms with Gasteiger partial charge in [0, 0.05) is 11.6 Å². The first-order valence-electron chi connectivity index (χ1n) is 6.51. The van der Waals surface area contributed by atoms with Crippen molar-refractivity contribution in [3.8, 4) is 0 Å². The van der Waals surface area contributed by atoms with Crippen molar-refractivity contribution in [2.24, 2.45) is 0 Å². The molecule has 0 bridgehead atoms. The predicted octanol–water partition coefficient (Wildman–Crippen LogP) is 2.15. The van der Waals surface area contributed by atoms with Crippen LogP contribution in [0.4, 0.5) is 5.82 Å². The molecule has 0 saturated carbocycles. The molecule has 0 spiro atoms. The van der Waals surface area contributed by atoms with Crippen molar-refractivity contribution in [2.75, 3.05) is 5.32 Å². The lowest BCUT2D eigenvalue weighted by Gasteiger charge is -2.06. The number of carbonyl (C=O) groups excluding carboxylic acids is 1. The fraction of sp³-hybridized carbons (Fsp3) is 0.0667. The number of anilines is 1. The van der Waals surface area contributed by atoms with E-state index in [4.69, 9.17) is 11.6 Å². The van der Waals surface area contributed by atoms with Crippen LogP contribution in [0.5, 0.6) is 0 Å². The molecule has 2 aromatic heterocycles. The number of hydrogen-bond acceptors (Lipinski definition) is 4. The number of H-pyrrole nitrogens is 1. The summed E-state index contributed by atoms with van der Waals surface area (Å²) in [5.41, 5.74) is 0.223. The van der Waals surface area contributed by atoms with E-state index in [-0.39, 0.29) is 17.9 Å². The SMILES string of the molecule is O=C(Cc1n[nH]c(=O)c2ccccc12)Nc1ccc(Cl)cn1. The first-order valence-corrected chi connectivity index (χ1v) is 6.89. The van der Waals surface area contributed by atoms with Crippen molar-refractivity contribution >= 4 is 34.1 Å². The molecular weight excluding hydrogens is 304 g/mol. The van der Waals surface area contributed by atoms with E-state index in [0.717, 1.165) is 0 Å². The van der Waals surface area contributed by atoms with Crippen LogP contribution >= 0.6 is 11.6 Å². The highest BCUT2D eigenvalue weighted by Crippen LogP contribution is 2.14. The van der Waals surface area contributed by atoms with E-state index in [2.05, 4.69) is 20.5 Å². The molecule has 0 unspecified atom stereocenters. The highest BCUT2D eigenvalue weighted by molar-refractivity contribution is 6.30. The number of nitrogens with one attached hydrogen (secondary N) is 2. The minimum Gasteiger partial charge on any atom is -0.310 e. The van der Waals surface area contributed by atoms with Gasteiger partial charge < -0.3 is 5.32 Å². The highest BCUT2D eigenvalue weighted by Gasteiger charge is 2.11. The molecule has 6 nitrogen and oxygen atoms in total. The zero-order chi connectivity index (χ0) is 15.5. The van der Waals surface area contributed by atoms with E-state index in [9.17, 15) is 9.59 Å². The van der Waals surface area contributed by atoms with Crippen LogP contribution in [0.1, 0.15) is 5.69 Å². The maximum absolute atomic E-state index is 12.1. The number of aromatic nitrogens is 3. The quantitative estimate of drug-likeness (QED) is 0.775. The van der Waals surface area contributed by atoms with Gasteiger partial charge in [0.2, 0.25) is 5.91 Å². The van der Waals surface area contributed by atoms with Crippen molar-refractivity contribution in [1.29, 1.82) is 0 Å². The molecule has 0 atom stereocenters. The maximum atomic E-state index is 12.1. The van der Waals surface area contributed by atoms with Gasteiger partial charge in [-0.2, -0.15) is 5.10 Å². The number of pyridine rings is 1. The topological polar surface area (TPSA) is 87.7 Å². The van der Waals surface area contributed by atoms with Crippen LogP contribution in [0.2, 0.25) is 5.02 Å². The Morgan fingerprint density at radius 2 is 1.95 bits per heavy atom. The summed E-state index contributed by atoms with van der Waals surface area (Å²) in [6.45, 7) is 0. The molecule has 3 aromatic rings. The number of rotatable bonds is 3. The van der Waals surface area contributed by atoms with Crippen molar-refractivity contribution in [2.45, 2.75) is 6.42 Å². The summed E-state index contributed by atoms with van der Waals surface area (Å²) in [7, 11) is 0. The maximum Gasteiger partial charge on any atom is 0.272 e. The van der Waals surface area contributed by atoms with Gasteiger partial charge in [0.15, 0.2) is 0 Å². The molecule has 110 valence electrons. The van der Waals surface area contributed by atoms with Crippen LogP contribution in [-0.2, 0) is 11.2 Å². The minimum atomic E-state index is -0.279. The normalized spacial score (nSPS) is 10.6. The van der Waals surface area contributed by atoms with Crippen molar-refractivity contribution < 1.29 is 4.79 Å². The van der Waals surface area contributed by atoms with Crippen LogP contribution in [0, 0.1) is 0 Å². The lowest BCUT2D eigenvalue weighted by Crippen LogP contribution is -2.18. The molecule has 22 heavy (non-hydrogen) atoms. The molecule has 0 radical (unpaired) electrons.